The van der Waals surface area contributed by atoms with Crippen molar-refractivity contribution in [2.24, 2.45) is 0 Å². The molecule has 2 N–H and O–H groups in total. The van der Waals surface area contributed by atoms with E-state index in [2.05, 4.69) is 14.2 Å². The van der Waals surface area contributed by atoms with Crippen molar-refractivity contribution in [3.05, 3.63) is 42.5 Å². The number of nitrogen functional groups attached to an aromatic ring is 1. The average molecular weight is 406 g/mol. The van der Waals surface area contributed by atoms with Gasteiger partial charge in [0.2, 0.25) is 5.95 Å². The lowest BCUT2D eigenvalue weighted by Gasteiger charge is -2.19. The largest absolute Gasteiger partial charge is 0.573 e. The van der Waals surface area contributed by atoms with E-state index in [1.807, 2.05) is 18.2 Å². The minimum absolute atomic E-state index is 0.280. The van der Waals surface area contributed by atoms with E-state index in [-0.39, 0.29) is 5.75 Å². The van der Waals surface area contributed by atoms with Gasteiger partial charge in [-0.1, -0.05) is 0 Å². The third-order valence-electron chi connectivity index (χ3n) is 4.78. The Morgan fingerprint density at radius 3 is 2.38 bits per heavy atom. The molecular weight excluding hydrogens is 385 g/mol. The zero-order valence-corrected chi connectivity index (χ0v) is 15.7. The van der Waals surface area contributed by atoms with Crippen LogP contribution in [0.25, 0.3) is 11.0 Å². The second kappa shape index (κ2) is 7.73. The van der Waals surface area contributed by atoms with Gasteiger partial charge in [-0.2, -0.15) is 0 Å². The lowest BCUT2D eigenvalue weighted by Crippen LogP contribution is -2.23. The highest BCUT2D eigenvalue weighted by molar-refractivity contribution is 5.82. The van der Waals surface area contributed by atoms with Gasteiger partial charge in [0.25, 0.3) is 0 Å². The fourth-order valence-corrected chi connectivity index (χ4v) is 3.50. The Balaban J connectivity index is 1.47. The molecule has 0 amide bonds. The molecule has 0 aliphatic carbocycles. The number of halogens is 3. The molecule has 6 nitrogen and oxygen atoms in total. The standard InChI is InChI=1S/C20H21F3N4O2/c21-20(22,23)29-16-6-4-15(5-7-16)28-12-11-27-18-13-14(24)3-8-17(18)25-19(27)26-9-1-2-10-26/h3-8,13H,1-2,9-12,24H2. The SMILES string of the molecule is Nc1ccc2nc(N3CCCC3)n(CCOc3ccc(OC(F)(F)F)cc3)c2c1. The summed E-state index contributed by atoms with van der Waals surface area (Å²) in [5.41, 5.74) is 8.42. The van der Waals surface area contributed by atoms with E-state index in [0.717, 1.165) is 42.9 Å². The molecule has 0 saturated carbocycles. The predicted octanol–water partition coefficient (Wildman–Crippen LogP) is 4.20. The van der Waals surface area contributed by atoms with Crippen molar-refractivity contribution < 1.29 is 22.6 Å². The predicted molar refractivity (Wildman–Crippen MR) is 104 cm³/mol. The summed E-state index contributed by atoms with van der Waals surface area (Å²) >= 11 is 0. The molecule has 3 aromatic rings. The zero-order valence-electron chi connectivity index (χ0n) is 15.7. The Labute approximate surface area is 165 Å². The fourth-order valence-electron chi connectivity index (χ4n) is 3.50. The number of ether oxygens (including phenoxy) is 2. The molecule has 0 atom stereocenters. The molecule has 29 heavy (non-hydrogen) atoms. The summed E-state index contributed by atoms with van der Waals surface area (Å²) in [7, 11) is 0. The van der Waals surface area contributed by atoms with Gasteiger partial charge >= 0.3 is 6.36 Å². The lowest BCUT2D eigenvalue weighted by molar-refractivity contribution is -0.274. The number of rotatable bonds is 6. The molecule has 1 aliphatic rings. The molecule has 154 valence electrons. The van der Waals surface area contributed by atoms with Crippen molar-refractivity contribution in [3.8, 4) is 11.5 Å². The highest BCUT2D eigenvalue weighted by Gasteiger charge is 2.31. The molecule has 0 unspecified atom stereocenters. The van der Waals surface area contributed by atoms with Crippen LogP contribution >= 0.6 is 0 Å². The van der Waals surface area contributed by atoms with Gasteiger partial charge in [0.05, 0.1) is 17.6 Å². The van der Waals surface area contributed by atoms with E-state index in [0.29, 0.717) is 24.6 Å². The van der Waals surface area contributed by atoms with Crippen molar-refractivity contribution in [2.75, 3.05) is 30.3 Å². The van der Waals surface area contributed by atoms with Gasteiger partial charge in [-0.05, 0) is 55.3 Å². The second-order valence-corrected chi connectivity index (χ2v) is 6.87. The maximum Gasteiger partial charge on any atom is 0.573 e. The maximum absolute atomic E-state index is 12.2. The van der Waals surface area contributed by atoms with E-state index in [1.54, 1.807) is 0 Å². The molecular formula is C20H21F3N4O2. The Kier molecular flexibility index (Phi) is 5.12. The summed E-state index contributed by atoms with van der Waals surface area (Å²) in [6, 6.07) is 11.0. The van der Waals surface area contributed by atoms with Gasteiger partial charge in [0.15, 0.2) is 0 Å². The molecule has 1 aliphatic heterocycles. The van der Waals surface area contributed by atoms with Crippen molar-refractivity contribution in [1.82, 2.24) is 9.55 Å². The van der Waals surface area contributed by atoms with E-state index in [9.17, 15) is 13.2 Å². The van der Waals surface area contributed by atoms with E-state index >= 15 is 0 Å². The minimum atomic E-state index is -4.71. The van der Waals surface area contributed by atoms with Crippen molar-refractivity contribution in [1.29, 1.82) is 0 Å². The Morgan fingerprint density at radius 2 is 1.69 bits per heavy atom. The second-order valence-electron chi connectivity index (χ2n) is 6.87. The topological polar surface area (TPSA) is 65.5 Å². The number of aromatic nitrogens is 2. The number of alkyl halides is 3. The molecule has 1 aromatic heterocycles. The Hall–Kier alpha value is -3.10. The summed E-state index contributed by atoms with van der Waals surface area (Å²) in [5, 5.41) is 0. The number of fused-ring (bicyclic) bond motifs is 1. The van der Waals surface area contributed by atoms with Crippen LogP contribution in [0.4, 0.5) is 24.8 Å². The smallest absolute Gasteiger partial charge is 0.492 e. The fraction of sp³-hybridized carbons (Fsp3) is 0.350. The highest BCUT2D eigenvalue weighted by atomic mass is 19.4. The van der Waals surface area contributed by atoms with Crippen LogP contribution in [0.5, 0.6) is 11.5 Å². The summed E-state index contributed by atoms with van der Waals surface area (Å²) in [6.45, 7) is 2.79. The van der Waals surface area contributed by atoms with Crippen molar-refractivity contribution in [3.63, 3.8) is 0 Å². The number of hydrogen-bond acceptors (Lipinski definition) is 5. The number of hydrogen-bond donors (Lipinski definition) is 1. The van der Waals surface area contributed by atoms with Crippen LogP contribution < -0.4 is 20.1 Å². The molecule has 2 heterocycles. The first-order valence-electron chi connectivity index (χ1n) is 9.38. The number of nitrogens with zero attached hydrogens (tertiary/aromatic N) is 3. The van der Waals surface area contributed by atoms with E-state index < -0.39 is 6.36 Å². The van der Waals surface area contributed by atoms with Gasteiger partial charge in [-0.3, -0.25) is 0 Å². The molecule has 0 radical (unpaired) electrons. The third kappa shape index (κ3) is 4.49. The average Bonchev–Trinajstić information content (AvgIpc) is 3.30. The monoisotopic (exact) mass is 406 g/mol. The minimum Gasteiger partial charge on any atom is -0.492 e. The molecule has 0 spiro atoms. The van der Waals surface area contributed by atoms with E-state index in [4.69, 9.17) is 15.5 Å². The number of nitrogens with two attached hydrogens (primary N) is 1. The van der Waals surface area contributed by atoms with Crippen LogP contribution in [0.15, 0.2) is 42.5 Å². The normalized spacial score (nSPS) is 14.5. The van der Waals surface area contributed by atoms with Crippen LogP contribution in [0, 0.1) is 0 Å². The summed E-state index contributed by atoms with van der Waals surface area (Å²) < 4.78 is 48.4. The Morgan fingerprint density at radius 1 is 1.00 bits per heavy atom. The summed E-state index contributed by atoms with van der Waals surface area (Å²) in [4.78, 5) is 7.01. The molecule has 2 aromatic carbocycles. The first-order chi connectivity index (χ1) is 13.9. The molecule has 0 bridgehead atoms. The van der Waals surface area contributed by atoms with Crippen LogP contribution in [0.2, 0.25) is 0 Å². The van der Waals surface area contributed by atoms with Gasteiger partial charge in [0.1, 0.15) is 18.1 Å². The Bertz CT molecular complexity index is 980. The van der Waals surface area contributed by atoms with Crippen LogP contribution in [0.1, 0.15) is 12.8 Å². The quantitative estimate of drug-likeness (QED) is 0.622. The first kappa shape index (κ1) is 19.2. The molecule has 1 saturated heterocycles. The summed E-state index contributed by atoms with van der Waals surface area (Å²) in [5.74, 6) is 1.07. The van der Waals surface area contributed by atoms with Crippen LogP contribution in [-0.4, -0.2) is 35.6 Å². The van der Waals surface area contributed by atoms with Gasteiger partial charge in [0, 0.05) is 18.8 Å². The molecule has 9 heteroatoms. The lowest BCUT2D eigenvalue weighted by atomic mass is 10.3. The van der Waals surface area contributed by atoms with E-state index in [1.165, 1.54) is 24.3 Å². The molecule has 1 fully saturated rings. The van der Waals surface area contributed by atoms with Gasteiger partial charge < -0.3 is 24.7 Å². The molecule has 4 rings (SSSR count). The number of benzene rings is 2. The number of anilines is 2. The van der Waals surface area contributed by atoms with Gasteiger partial charge in [-0.15, -0.1) is 13.2 Å². The van der Waals surface area contributed by atoms with Crippen LogP contribution in [0.3, 0.4) is 0 Å². The van der Waals surface area contributed by atoms with Crippen LogP contribution in [-0.2, 0) is 6.54 Å². The first-order valence-corrected chi connectivity index (χ1v) is 9.38. The van der Waals surface area contributed by atoms with Gasteiger partial charge in [-0.25, -0.2) is 4.98 Å². The summed E-state index contributed by atoms with van der Waals surface area (Å²) in [6.07, 6.45) is -2.44. The highest BCUT2D eigenvalue weighted by Crippen LogP contribution is 2.28. The third-order valence-corrected chi connectivity index (χ3v) is 4.78. The van der Waals surface area contributed by atoms with Crippen molar-refractivity contribution >= 4 is 22.7 Å². The van der Waals surface area contributed by atoms with Crippen molar-refractivity contribution in [2.45, 2.75) is 25.7 Å². The zero-order chi connectivity index (χ0) is 20.4. The maximum atomic E-state index is 12.2. The number of imidazole rings is 1.